The standard InChI is InChI=1S/C10H13N3O2S2/c1-7-6-16-10(12-7)13-8-3-2-4-9(5-8)17(11,14)15/h2-5,7H,6H2,1H3,(H,12,13)(H2,11,14,15). The van der Waals surface area contributed by atoms with Crippen LogP contribution in [0, 0.1) is 0 Å². The topological polar surface area (TPSA) is 84.5 Å². The van der Waals surface area contributed by atoms with Crippen LogP contribution in [0.4, 0.5) is 5.69 Å². The molecule has 17 heavy (non-hydrogen) atoms. The lowest BCUT2D eigenvalue weighted by Crippen LogP contribution is -2.13. The van der Waals surface area contributed by atoms with Crippen LogP contribution in [0.5, 0.6) is 0 Å². The average molecular weight is 271 g/mol. The van der Waals surface area contributed by atoms with Gasteiger partial charge in [-0.2, -0.15) is 0 Å². The van der Waals surface area contributed by atoms with Gasteiger partial charge in [-0.25, -0.2) is 13.6 Å². The highest BCUT2D eigenvalue weighted by Gasteiger charge is 2.14. The molecule has 0 saturated heterocycles. The van der Waals surface area contributed by atoms with Crippen molar-refractivity contribution in [1.29, 1.82) is 0 Å². The normalized spacial score (nSPS) is 20.1. The fourth-order valence-electron chi connectivity index (χ4n) is 1.42. The highest BCUT2D eigenvalue weighted by Crippen LogP contribution is 2.21. The van der Waals surface area contributed by atoms with E-state index in [-0.39, 0.29) is 4.90 Å². The maximum absolute atomic E-state index is 11.2. The summed E-state index contributed by atoms with van der Waals surface area (Å²) in [6.45, 7) is 2.03. The molecule has 1 heterocycles. The number of hydrogen-bond donors (Lipinski definition) is 2. The van der Waals surface area contributed by atoms with Gasteiger partial charge in [0.1, 0.15) is 0 Å². The molecule has 0 amide bonds. The van der Waals surface area contributed by atoms with Crippen molar-refractivity contribution in [1.82, 2.24) is 0 Å². The highest BCUT2D eigenvalue weighted by atomic mass is 32.2. The lowest BCUT2D eigenvalue weighted by atomic mass is 10.3. The minimum absolute atomic E-state index is 0.0964. The summed E-state index contributed by atoms with van der Waals surface area (Å²) in [6, 6.07) is 6.68. The van der Waals surface area contributed by atoms with E-state index in [1.165, 1.54) is 12.1 Å². The van der Waals surface area contributed by atoms with Crippen LogP contribution < -0.4 is 10.5 Å². The Morgan fingerprint density at radius 1 is 1.53 bits per heavy atom. The molecule has 3 N–H and O–H groups in total. The summed E-state index contributed by atoms with van der Waals surface area (Å²) in [6.07, 6.45) is 0. The lowest BCUT2D eigenvalue weighted by molar-refractivity contribution is 0.598. The van der Waals surface area contributed by atoms with Crippen LogP contribution in [0.25, 0.3) is 0 Å². The van der Waals surface area contributed by atoms with Crippen LogP contribution in [0.2, 0.25) is 0 Å². The molecule has 1 aromatic rings. The van der Waals surface area contributed by atoms with Crippen LogP contribution in [0.3, 0.4) is 0 Å². The van der Waals surface area contributed by atoms with E-state index >= 15 is 0 Å². The molecule has 0 bridgehead atoms. The van der Waals surface area contributed by atoms with E-state index in [1.807, 2.05) is 6.92 Å². The van der Waals surface area contributed by atoms with Crippen LogP contribution in [0.1, 0.15) is 6.92 Å². The van der Waals surface area contributed by atoms with Gasteiger partial charge in [-0.05, 0) is 25.1 Å². The minimum atomic E-state index is -3.66. The summed E-state index contributed by atoms with van der Waals surface area (Å²) in [5.41, 5.74) is 0.678. The summed E-state index contributed by atoms with van der Waals surface area (Å²) in [5, 5.41) is 8.95. The second-order valence-electron chi connectivity index (χ2n) is 3.79. The van der Waals surface area contributed by atoms with Gasteiger partial charge in [0, 0.05) is 11.4 Å². The summed E-state index contributed by atoms with van der Waals surface area (Å²) >= 11 is 1.62. The number of aliphatic imine (C=N–C) groups is 1. The Morgan fingerprint density at radius 3 is 2.88 bits per heavy atom. The quantitative estimate of drug-likeness (QED) is 0.847. The van der Waals surface area contributed by atoms with Gasteiger partial charge in [0.05, 0.1) is 10.9 Å². The van der Waals surface area contributed by atoms with Crippen molar-refractivity contribution in [3.05, 3.63) is 24.3 Å². The molecule has 0 aliphatic carbocycles. The second-order valence-corrected chi connectivity index (χ2v) is 6.36. The van der Waals surface area contributed by atoms with Gasteiger partial charge < -0.3 is 5.32 Å². The van der Waals surface area contributed by atoms with Crippen molar-refractivity contribution in [3.63, 3.8) is 0 Å². The number of benzene rings is 1. The van der Waals surface area contributed by atoms with Crippen molar-refractivity contribution in [2.24, 2.45) is 10.1 Å². The molecule has 92 valence electrons. The summed E-state index contributed by atoms with van der Waals surface area (Å²) in [7, 11) is -3.66. The number of anilines is 1. The molecule has 0 aromatic heterocycles. The smallest absolute Gasteiger partial charge is 0.238 e. The maximum Gasteiger partial charge on any atom is 0.238 e. The molecule has 0 radical (unpaired) electrons. The van der Waals surface area contributed by atoms with Crippen LogP contribution in [-0.2, 0) is 10.0 Å². The first-order valence-electron chi connectivity index (χ1n) is 5.05. The second kappa shape index (κ2) is 4.67. The summed E-state index contributed by atoms with van der Waals surface area (Å²) in [4.78, 5) is 4.46. The van der Waals surface area contributed by atoms with E-state index in [4.69, 9.17) is 5.14 Å². The molecule has 1 aliphatic heterocycles. The van der Waals surface area contributed by atoms with Gasteiger partial charge in [0.15, 0.2) is 5.17 Å². The lowest BCUT2D eigenvalue weighted by Gasteiger charge is -2.06. The number of nitrogens with zero attached hydrogens (tertiary/aromatic N) is 1. The number of amidine groups is 1. The number of thioether (sulfide) groups is 1. The Bertz CT molecular complexity index is 554. The average Bonchev–Trinajstić information content (AvgIpc) is 2.63. The fourth-order valence-corrected chi connectivity index (χ4v) is 2.89. The number of rotatable bonds is 2. The fraction of sp³-hybridized carbons (Fsp3) is 0.300. The van der Waals surface area contributed by atoms with E-state index in [2.05, 4.69) is 10.3 Å². The number of sulfonamides is 1. The third-order valence-corrected chi connectivity index (χ3v) is 4.25. The molecule has 0 fully saturated rings. The molecule has 1 aliphatic rings. The third kappa shape index (κ3) is 3.21. The first kappa shape index (κ1) is 12.4. The minimum Gasteiger partial charge on any atom is -0.335 e. The first-order chi connectivity index (χ1) is 7.95. The molecule has 1 aromatic carbocycles. The third-order valence-electron chi connectivity index (χ3n) is 2.21. The van der Waals surface area contributed by atoms with E-state index in [1.54, 1.807) is 23.9 Å². The van der Waals surface area contributed by atoms with Crippen molar-refractivity contribution in [2.45, 2.75) is 17.9 Å². The molecule has 1 unspecified atom stereocenters. The van der Waals surface area contributed by atoms with Crippen LogP contribution in [-0.4, -0.2) is 25.4 Å². The Labute approximate surface area is 105 Å². The molecule has 0 saturated carbocycles. The Morgan fingerprint density at radius 2 is 2.29 bits per heavy atom. The number of nitrogens with one attached hydrogen (secondary N) is 1. The molecule has 2 rings (SSSR count). The van der Waals surface area contributed by atoms with Gasteiger partial charge in [0.2, 0.25) is 10.0 Å². The SMILES string of the molecule is CC1CSC(Nc2cccc(S(N)(=O)=O)c2)=N1. The molecular weight excluding hydrogens is 258 g/mol. The number of hydrogen-bond acceptors (Lipinski definition) is 5. The Balaban J connectivity index is 2.20. The molecule has 1 atom stereocenters. The van der Waals surface area contributed by atoms with Crippen LogP contribution in [0.15, 0.2) is 34.2 Å². The zero-order chi connectivity index (χ0) is 12.5. The van der Waals surface area contributed by atoms with Crippen molar-refractivity contribution < 1.29 is 8.42 Å². The number of primary sulfonamides is 1. The van der Waals surface area contributed by atoms with Crippen molar-refractivity contribution >= 4 is 32.6 Å². The predicted octanol–water partition coefficient (Wildman–Crippen LogP) is 1.24. The van der Waals surface area contributed by atoms with Crippen molar-refractivity contribution in [3.8, 4) is 0 Å². The highest BCUT2D eigenvalue weighted by molar-refractivity contribution is 8.14. The summed E-state index contributed by atoms with van der Waals surface area (Å²) < 4.78 is 22.4. The van der Waals surface area contributed by atoms with E-state index in [9.17, 15) is 8.42 Å². The Kier molecular flexibility index (Phi) is 3.41. The predicted molar refractivity (Wildman–Crippen MR) is 70.8 cm³/mol. The van der Waals surface area contributed by atoms with E-state index in [0.29, 0.717) is 11.7 Å². The largest absolute Gasteiger partial charge is 0.335 e. The molecule has 5 nitrogen and oxygen atoms in total. The zero-order valence-corrected chi connectivity index (χ0v) is 10.9. The Hall–Kier alpha value is -1.05. The zero-order valence-electron chi connectivity index (χ0n) is 9.25. The van der Waals surface area contributed by atoms with Gasteiger partial charge in [-0.3, -0.25) is 4.99 Å². The monoisotopic (exact) mass is 271 g/mol. The molecule has 0 spiro atoms. The molecule has 7 heteroatoms. The van der Waals surface area contributed by atoms with Gasteiger partial charge >= 0.3 is 0 Å². The van der Waals surface area contributed by atoms with E-state index in [0.717, 1.165) is 10.9 Å². The van der Waals surface area contributed by atoms with Gasteiger partial charge in [-0.1, -0.05) is 17.8 Å². The van der Waals surface area contributed by atoms with Gasteiger partial charge in [0.25, 0.3) is 0 Å². The van der Waals surface area contributed by atoms with Gasteiger partial charge in [-0.15, -0.1) is 0 Å². The van der Waals surface area contributed by atoms with Crippen LogP contribution >= 0.6 is 11.8 Å². The molecular formula is C10H13N3O2S2. The first-order valence-corrected chi connectivity index (χ1v) is 7.59. The van der Waals surface area contributed by atoms with Crippen molar-refractivity contribution in [2.75, 3.05) is 11.1 Å². The number of nitrogens with two attached hydrogens (primary N) is 1. The summed E-state index contributed by atoms with van der Waals surface area (Å²) in [5.74, 6) is 0.942. The van der Waals surface area contributed by atoms with E-state index < -0.39 is 10.0 Å². The maximum atomic E-state index is 11.2.